The fourth-order valence-corrected chi connectivity index (χ4v) is 3.26. The molecule has 2 nitrogen and oxygen atoms in total. The lowest BCUT2D eigenvalue weighted by Gasteiger charge is -2.38. The van der Waals surface area contributed by atoms with E-state index in [1.807, 2.05) is 0 Å². The maximum absolute atomic E-state index is 3.47. The molecule has 2 rings (SSSR count). The average Bonchev–Trinajstić information content (AvgIpc) is 2.48. The fourth-order valence-electron chi connectivity index (χ4n) is 3.26. The lowest BCUT2D eigenvalue weighted by molar-refractivity contribution is 0.128. The first kappa shape index (κ1) is 16.5. The van der Waals surface area contributed by atoms with Crippen LogP contribution in [0.15, 0.2) is 24.3 Å². The Morgan fingerprint density at radius 1 is 1.10 bits per heavy atom. The molecule has 1 aromatic rings. The van der Waals surface area contributed by atoms with Crippen LogP contribution in [-0.4, -0.2) is 31.1 Å². The van der Waals surface area contributed by atoms with Crippen LogP contribution in [0.1, 0.15) is 58.2 Å². The maximum atomic E-state index is 3.47. The smallest absolute Gasteiger partial charge is 0.0374 e. The molecule has 118 valence electrons. The van der Waals surface area contributed by atoms with Gasteiger partial charge in [-0.2, -0.15) is 0 Å². The molecule has 2 atom stereocenters. The molecule has 1 heterocycles. The van der Waals surface area contributed by atoms with Crippen LogP contribution in [0, 0.1) is 5.92 Å². The monoisotopic (exact) mass is 288 g/mol. The first-order valence-electron chi connectivity index (χ1n) is 8.48. The van der Waals surface area contributed by atoms with Gasteiger partial charge >= 0.3 is 0 Å². The van der Waals surface area contributed by atoms with Gasteiger partial charge in [-0.25, -0.2) is 0 Å². The molecule has 1 saturated heterocycles. The van der Waals surface area contributed by atoms with Crippen LogP contribution in [0.25, 0.3) is 0 Å². The number of hydrogen-bond donors (Lipinski definition) is 1. The second-order valence-corrected chi connectivity index (χ2v) is 7.49. The third kappa shape index (κ3) is 4.08. The number of piperazine rings is 1. The van der Waals surface area contributed by atoms with Gasteiger partial charge in [0.15, 0.2) is 0 Å². The number of rotatable bonds is 4. The highest BCUT2D eigenvalue weighted by Crippen LogP contribution is 2.32. The van der Waals surface area contributed by atoms with Gasteiger partial charge in [-0.15, -0.1) is 0 Å². The largest absolute Gasteiger partial charge is 0.314 e. The van der Waals surface area contributed by atoms with Gasteiger partial charge in [0.1, 0.15) is 0 Å². The molecule has 0 bridgehead atoms. The highest BCUT2D eigenvalue weighted by Gasteiger charge is 2.26. The predicted octanol–water partition coefficient (Wildman–Crippen LogP) is 3.98. The van der Waals surface area contributed by atoms with Crippen molar-refractivity contribution in [3.63, 3.8) is 0 Å². The van der Waals surface area contributed by atoms with Crippen LogP contribution in [0.4, 0.5) is 0 Å². The van der Waals surface area contributed by atoms with E-state index in [9.17, 15) is 0 Å². The molecule has 1 aliphatic heterocycles. The quantitative estimate of drug-likeness (QED) is 0.901. The van der Waals surface area contributed by atoms with Crippen molar-refractivity contribution in [1.82, 2.24) is 10.2 Å². The Balaban J connectivity index is 2.24. The van der Waals surface area contributed by atoms with Crippen molar-refractivity contribution in [2.75, 3.05) is 26.2 Å². The Morgan fingerprint density at radius 2 is 1.67 bits per heavy atom. The summed E-state index contributed by atoms with van der Waals surface area (Å²) in [5, 5.41) is 3.47. The molecule has 0 aliphatic carbocycles. The van der Waals surface area contributed by atoms with Gasteiger partial charge in [0.05, 0.1) is 0 Å². The van der Waals surface area contributed by atoms with Crippen LogP contribution >= 0.6 is 0 Å². The molecule has 0 aromatic heterocycles. The predicted molar refractivity (Wildman–Crippen MR) is 91.8 cm³/mol. The first-order chi connectivity index (χ1) is 9.93. The minimum atomic E-state index is 0.236. The Labute approximate surface area is 130 Å². The molecule has 1 N–H and O–H groups in total. The molecular formula is C19H32N2. The van der Waals surface area contributed by atoms with E-state index in [1.54, 1.807) is 0 Å². The van der Waals surface area contributed by atoms with E-state index in [-0.39, 0.29) is 5.41 Å². The van der Waals surface area contributed by atoms with Gasteiger partial charge in [0.2, 0.25) is 0 Å². The lowest BCUT2D eigenvalue weighted by Crippen LogP contribution is -2.46. The highest BCUT2D eigenvalue weighted by molar-refractivity contribution is 5.29. The van der Waals surface area contributed by atoms with Crippen molar-refractivity contribution >= 4 is 0 Å². The summed E-state index contributed by atoms with van der Waals surface area (Å²) in [5.74, 6) is 0.698. The van der Waals surface area contributed by atoms with Crippen LogP contribution in [-0.2, 0) is 5.41 Å². The van der Waals surface area contributed by atoms with Gasteiger partial charge < -0.3 is 5.32 Å². The van der Waals surface area contributed by atoms with Gasteiger partial charge in [0, 0.05) is 32.2 Å². The number of hydrogen-bond acceptors (Lipinski definition) is 2. The summed E-state index contributed by atoms with van der Waals surface area (Å²) in [5.41, 5.74) is 3.15. The molecule has 0 spiro atoms. The van der Waals surface area contributed by atoms with Crippen molar-refractivity contribution in [3.05, 3.63) is 35.4 Å². The number of benzene rings is 1. The highest BCUT2D eigenvalue weighted by atomic mass is 15.2. The molecule has 1 aromatic carbocycles. The second-order valence-electron chi connectivity index (χ2n) is 7.49. The Kier molecular flexibility index (Phi) is 5.45. The van der Waals surface area contributed by atoms with E-state index in [1.165, 1.54) is 17.5 Å². The van der Waals surface area contributed by atoms with E-state index in [0.717, 1.165) is 26.2 Å². The molecule has 1 aliphatic rings. The molecule has 0 amide bonds. The topological polar surface area (TPSA) is 15.3 Å². The molecule has 0 saturated carbocycles. The summed E-state index contributed by atoms with van der Waals surface area (Å²) >= 11 is 0. The molecule has 1 unspecified atom stereocenters. The van der Waals surface area contributed by atoms with Crippen molar-refractivity contribution in [2.24, 2.45) is 5.92 Å². The Bertz CT molecular complexity index is 424. The van der Waals surface area contributed by atoms with Gasteiger partial charge in [-0.05, 0) is 22.5 Å². The van der Waals surface area contributed by atoms with Crippen molar-refractivity contribution in [1.29, 1.82) is 0 Å². The SMILES string of the molecule is CCC(C)[C@H](c1ccc(C(C)(C)C)cc1)N1CCNCC1. The van der Waals surface area contributed by atoms with Crippen LogP contribution in [0.5, 0.6) is 0 Å². The van der Waals surface area contributed by atoms with Crippen molar-refractivity contribution in [2.45, 2.75) is 52.5 Å². The van der Waals surface area contributed by atoms with E-state index in [2.05, 4.69) is 69.1 Å². The normalized spacial score (nSPS) is 20.2. The standard InChI is InChI=1S/C19H32N2/c1-6-15(2)18(21-13-11-20-12-14-21)16-7-9-17(10-8-16)19(3,4)5/h7-10,15,18,20H,6,11-14H2,1-5H3/t15?,18-/m1/s1. The molecular weight excluding hydrogens is 256 g/mol. The summed E-state index contributed by atoms with van der Waals surface area (Å²) in [6, 6.07) is 9.93. The maximum Gasteiger partial charge on any atom is 0.0374 e. The van der Waals surface area contributed by atoms with Gasteiger partial charge in [0.25, 0.3) is 0 Å². The summed E-state index contributed by atoms with van der Waals surface area (Å²) in [4.78, 5) is 2.66. The average molecular weight is 288 g/mol. The zero-order valence-electron chi connectivity index (χ0n) is 14.4. The van der Waals surface area contributed by atoms with E-state index in [4.69, 9.17) is 0 Å². The van der Waals surface area contributed by atoms with E-state index >= 15 is 0 Å². The number of nitrogens with one attached hydrogen (secondary N) is 1. The first-order valence-corrected chi connectivity index (χ1v) is 8.48. The molecule has 0 radical (unpaired) electrons. The molecule has 1 fully saturated rings. The van der Waals surface area contributed by atoms with Gasteiger partial charge in [-0.1, -0.05) is 65.3 Å². The molecule has 2 heteroatoms. The Morgan fingerprint density at radius 3 is 2.14 bits per heavy atom. The van der Waals surface area contributed by atoms with E-state index in [0.29, 0.717) is 12.0 Å². The van der Waals surface area contributed by atoms with Crippen molar-refractivity contribution < 1.29 is 0 Å². The van der Waals surface area contributed by atoms with Crippen molar-refractivity contribution in [3.8, 4) is 0 Å². The van der Waals surface area contributed by atoms with Crippen LogP contribution < -0.4 is 5.32 Å². The lowest BCUT2D eigenvalue weighted by atomic mass is 9.84. The van der Waals surface area contributed by atoms with Crippen LogP contribution in [0.2, 0.25) is 0 Å². The summed E-state index contributed by atoms with van der Waals surface area (Å²) in [6.07, 6.45) is 1.23. The van der Waals surface area contributed by atoms with E-state index < -0.39 is 0 Å². The third-order valence-corrected chi connectivity index (χ3v) is 4.85. The summed E-state index contributed by atoms with van der Waals surface area (Å²) in [7, 11) is 0. The van der Waals surface area contributed by atoms with Crippen LogP contribution in [0.3, 0.4) is 0 Å². The minimum Gasteiger partial charge on any atom is -0.314 e. The fraction of sp³-hybridized carbons (Fsp3) is 0.684. The second kappa shape index (κ2) is 6.93. The summed E-state index contributed by atoms with van der Waals surface area (Å²) in [6.45, 7) is 16.1. The summed E-state index contributed by atoms with van der Waals surface area (Å²) < 4.78 is 0. The van der Waals surface area contributed by atoms with Gasteiger partial charge in [-0.3, -0.25) is 4.90 Å². The third-order valence-electron chi connectivity index (χ3n) is 4.85. The number of nitrogens with zero attached hydrogens (tertiary/aromatic N) is 1. The molecule has 21 heavy (non-hydrogen) atoms. The Hall–Kier alpha value is -0.860. The zero-order chi connectivity index (χ0) is 15.5. The minimum absolute atomic E-state index is 0.236. The zero-order valence-corrected chi connectivity index (χ0v) is 14.4.